The first-order valence-corrected chi connectivity index (χ1v) is 8.14. The summed E-state index contributed by atoms with van der Waals surface area (Å²) < 4.78 is 6.44. The van der Waals surface area contributed by atoms with Crippen LogP contribution in [0.25, 0.3) is 0 Å². The van der Waals surface area contributed by atoms with Crippen molar-refractivity contribution in [2.24, 2.45) is 5.73 Å². The molecule has 4 N–H and O–H groups in total. The van der Waals surface area contributed by atoms with Gasteiger partial charge in [0.15, 0.2) is 0 Å². The number of carbonyl (C=O) groups is 1. The Labute approximate surface area is 147 Å². The Bertz CT molecular complexity index is 559. The molecule has 2 aromatic rings. The van der Waals surface area contributed by atoms with Crippen LogP contribution in [0.3, 0.4) is 0 Å². The molecule has 1 unspecified atom stereocenters. The van der Waals surface area contributed by atoms with E-state index in [0.717, 1.165) is 5.75 Å². The van der Waals surface area contributed by atoms with Crippen molar-refractivity contribution in [1.82, 2.24) is 5.48 Å². The number of hydroxylamine groups is 1. The topological polar surface area (TPSA) is 84.6 Å². The van der Waals surface area contributed by atoms with E-state index >= 15 is 0 Å². The van der Waals surface area contributed by atoms with Crippen LogP contribution in [-0.2, 0) is 6.61 Å². The molecule has 0 aliphatic carbocycles. The molecule has 0 aliphatic heterocycles. The summed E-state index contributed by atoms with van der Waals surface area (Å²) in [5.41, 5.74) is 8.07. The van der Waals surface area contributed by atoms with E-state index in [2.05, 4.69) is 49.1 Å². The largest absolute Gasteiger partial charge is 0.350 e. The zero-order valence-electron chi connectivity index (χ0n) is 12.8. The molecule has 0 saturated heterocycles. The average molecular weight is 310 g/mol. The summed E-state index contributed by atoms with van der Waals surface area (Å²) in [7, 11) is 0. The van der Waals surface area contributed by atoms with Gasteiger partial charge in [-0.3, -0.25) is 5.21 Å². The van der Waals surface area contributed by atoms with Gasteiger partial charge in [-0.2, -0.15) is 0 Å². The molecule has 2 aromatic carbocycles. The van der Waals surface area contributed by atoms with Gasteiger partial charge in [0.25, 0.3) is 0 Å². The summed E-state index contributed by atoms with van der Waals surface area (Å²) in [4.78, 5) is 9.23. The van der Waals surface area contributed by atoms with Crippen LogP contribution in [0.2, 0.25) is 0 Å². The van der Waals surface area contributed by atoms with Crippen molar-refractivity contribution < 1.29 is 14.7 Å². The molecule has 0 aliphatic rings. The van der Waals surface area contributed by atoms with Gasteiger partial charge in [-0.05, 0) is 0 Å². The van der Waals surface area contributed by atoms with Crippen LogP contribution in [0.5, 0.6) is 5.75 Å². The zero-order chi connectivity index (χ0) is 16.4. The Kier molecular flexibility index (Phi) is 8.62. The van der Waals surface area contributed by atoms with Crippen molar-refractivity contribution in [3.63, 3.8) is 0 Å². The number of nitrogens with two attached hydrogens (primary N) is 1. The maximum Gasteiger partial charge on any atom is 0.335 e. The van der Waals surface area contributed by atoms with Crippen LogP contribution < -0.4 is 16.0 Å². The molecule has 2 amide bonds. The Balaban J connectivity index is 0.000000422. The average Bonchev–Trinajstić information content (AvgIpc) is 2.55. The fourth-order valence-corrected chi connectivity index (χ4v) is 2.07. The maximum atomic E-state index is 9.23. The van der Waals surface area contributed by atoms with E-state index in [-0.39, 0.29) is 0 Å². The van der Waals surface area contributed by atoms with Crippen LogP contribution in [0.15, 0.2) is 54.6 Å². The fraction of sp³-hybridized carbons (Fsp3) is 0.188. The van der Waals surface area contributed by atoms with Crippen LogP contribution in [0, 0.1) is 0 Å². The third kappa shape index (κ3) is 7.47. The van der Waals surface area contributed by atoms with Crippen molar-refractivity contribution in [1.29, 1.82) is 0 Å². The van der Waals surface area contributed by atoms with Crippen molar-refractivity contribution in [2.75, 3.05) is 0 Å². The number of rotatable bonds is 4. The number of urea groups is 1. The molecule has 5 nitrogen and oxygen atoms in total. The van der Waals surface area contributed by atoms with Crippen LogP contribution >= 0.6 is 0 Å². The summed E-state index contributed by atoms with van der Waals surface area (Å²) in [6.07, 6.45) is 0. The van der Waals surface area contributed by atoms with E-state index in [1.165, 1.54) is 44.5 Å². The molecule has 112 valence electrons. The van der Waals surface area contributed by atoms with E-state index < -0.39 is 6.03 Å². The van der Waals surface area contributed by atoms with E-state index in [1.807, 2.05) is 18.2 Å². The second kappa shape index (κ2) is 10.2. The maximum absolute atomic E-state index is 9.23. The summed E-state index contributed by atoms with van der Waals surface area (Å²) in [6, 6.07) is 17.8. The minimum atomic E-state index is -0.940. The first-order chi connectivity index (χ1) is 10.5. The van der Waals surface area contributed by atoms with E-state index in [9.17, 15) is 4.79 Å². The molecule has 0 spiro atoms. The Morgan fingerprint density at radius 3 is 2.23 bits per heavy atom. The molecular formula is C16H19N2NaO3. The second-order valence-electron chi connectivity index (χ2n) is 4.97. The fourth-order valence-electron chi connectivity index (χ4n) is 1.69. The monoisotopic (exact) mass is 310 g/mol. The third-order valence-corrected chi connectivity index (χ3v) is 3.57. The molecule has 0 saturated carbocycles. The van der Waals surface area contributed by atoms with Gasteiger partial charge in [0.2, 0.25) is 0 Å². The predicted octanol–water partition coefficient (Wildman–Crippen LogP) is 2.54. The molecule has 22 heavy (non-hydrogen) atoms. The molecule has 0 aromatic heterocycles. The molecule has 0 fully saturated rings. The Morgan fingerprint density at radius 2 is 1.77 bits per heavy atom. The van der Waals surface area contributed by atoms with E-state index in [4.69, 9.17) is 9.94 Å². The van der Waals surface area contributed by atoms with E-state index in [1.54, 1.807) is 0 Å². The number of ether oxygens (including phenoxy) is 1. The predicted molar refractivity (Wildman–Crippen MR) is 85.9 cm³/mol. The van der Waals surface area contributed by atoms with Gasteiger partial charge in [-0.15, -0.1) is 0 Å². The number of hydrogen-bond donors (Lipinski definition) is 3. The zero-order valence-corrected chi connectivity index (χ0v) is 14.8. The van der Waals surface area contributed by atoms with Gasteiger partial charge in [-0.25, -0.2) is 10.3 Å². The number of primary amides is 1. The SMILES string of the molecule is C[CH]([Na])c1ccc(OCc2ccccc2)cc1.NC(=O)NO. The molecule has 6 heteroatoms. The second-order valence-corrected chi connectivity index (χ2v) is 6.71. The van der Waals surface area contributed by atoms with Crippen LogP contribution in [0.4, 0.5) is 4.79 Å². The first kappa shape index (κ1) is 18.5. The van der Waals surface area contributed by atoms with Gasteiger partial charge in [0.1, 0.15) is 0 Å². The number of benzene rings is 2. The summed E-state index contributed by atoms with van der Waals surface area (Å²) >= 11 is 1.20. The van der Waals surface area contributed by atoms with Crippen LogP contribution in [0.1, 0.15) is 21.2 Å². The van der Waals surface area contributed by atoms with Gasteiger partial charge < -0.3 is 5.73 Å². The normalized spacial score (nSPS) is 10.9. The quantitative estimate of drug-likeness (QED) is 0.461. The van der Waals surface area contributed by atoms with Gasteiger partial charge in [-0.1, -0.05) is 0 Å². The summed E-state index contributed by atoms with van der Waals surface area (Å²) in [5, 5.41) is 7.42. The van der Waals surface area contributed by atoms with Crippen molar-refractivity contribution in [3.05, 3.63) is 65.7 Å². The smallest absolute Gasteiger partial charge is 0.335 e. The van der Waals surface area contributed by atoms with Crippen LogP contribution in [-0.4, -0.2) is 39.2 Å². The van der Waals surface area contributed by atoms with Crippen molar-refractivity contribution in [2.45, 2.75) is 16.7 Å². The molecular weight excluding hydrogens is 291 g/mol. The number of amides is 2. The molecule has 0 radical (unpaired) electrons. The standard InChI is InChI=1S/C15H15O.CH4N2O2.Na/c1-2-13-8-10-15(11-9-13)16-12-14-6-4-3-5-7-14;2-1(4)3-5;/h2-11H,12H2,1H3;5H,(H3,2,3,4);. The third-order valence-electron chi connectivity index (χ3n) is 2.91. The minimum Gasteiger partial charge on any atom is -0.350 e. The molecule has 2 rings (SSSR count). The number of nitrogens with one attached hydrogen (secondary N) is 1. The number of hydrogen-bond acceptors (Lipinski definition) is 3. The molecule has 1 atom stereocenters. The number of carbonyl (C=O) groups excluding carboxylic acids is 1. The summed E-state index contributed by atoms with van der Waals surface area (Å²) in [6.45, 7) is 2.89. The molecule has 0 heterocycles. The molecule has 0 bridgehead atoms. The summed E-state index contributed by atoms with van der Waals surface area (Å²) in [5.74, 6) is 0.944. The minimum absolute atomic E-state index is 0.636. The Hall–Kier alpha value is -1.53. The van der Waals surface area contributed by atoms with Crippen molar-refractivity contribution >= 4 is 34.0 Å². The van der Waals surface area contributed by atoms with Gasteiger partial charge in [0.05, 0.1) is 0 Å². The van der Waals surface area contributed by atoms with Gasteiger partial charge in [0, 0.05) is 0 Å². The van der Waals surface area contributed by atoms with Crippen molar-refractivity contribution in [3.8, 4) is 5.75 Å². The van der Waals surface area contributed by atoms with Gasteiger partial charge >= 0.3 is 127 Å². The Morgan fingerprint density at radius 1 is 1.23 bits per heavy atom. The van der Waals surface area contributed by atoms with E-state index in [0.29, 0.717) is 9.77 Å². The first-order valence-electron chi connectivity index (χ1n) is 6.99.